The zero-order chi connectivity index (χ0) is 47.0. The van der Waals surface area contributed by atoms with Gasteiger partial charge in [0.15, 0.2) is 12.4 Å². The molecule has 0 fully saturated rings. The van der Waals surface area contributed by atoms with E-state index in [4.69, 9.17) is 18.9 Å². The maximum Gasteiger partial charge on any atom is 0.306 e. The molecule has 9 nitrogen and oxygen atoms in total. The first kappa shape index (κ1) is 61.2. The van der Waals surface area contributed by atoms with Crippen molar-refractivity contribution in [1.29, 1.82) is 0 Å². The second kappa shape index (κ2) is 46.8. The van der Waals surface area contributed by atoms with Gasteiger partial charge < -0.3 is 33.3 Å². The normalized spacial score (nSPS) is 13.2. The van der Waals surface area contributed by atoms with Crippen LogP contribution in [0.3, 0.4) is 0 Å². The molecule has 0 aromatic carbocycles. The number of ether oxygens (including phenoxy) is 4. The van der Waals surface area contributed by atoms with Crippen LogP contribution in [0.5, 0.6) is 0 Å². The third-order valence-electron chi connectivity index (χ3n) is 11.3. The molecule has 0 aliphatic heterocycles. The van der Waals surface area contributed by atoms with Crippen LogP contribution in [-0.4, -0.2) is 82.3 Å². The molecule has 64 heavy (non-hydrogen) atoms. The number of carboxylic acid groups (broad SMARTS) is 1. The number of rotatable bonds is 48. The molecule has 0 bridgehead atoms. The molecule has 0 radical (unpaired) electrons. The van der Waals surface area contributed by atoms with Crippen molar-refractivity contribution in [1.82, 2.24) is 0 Å². The van der Waals surface area contributed by atoms with Crippen molar-refractivity contribution in [2.75, 3.05) is 47.5 Å². The van der Waals surface area contributed by atoms with Crippen LogP contribution < -0.4 is 5.11 Å². The molecule has 2 atom stereocenters. The standard InChI is InChI=1S/C55H99NO8/c1-6-8-10-12-14-16-18-20-21-22-23-24-25-26-27-28-29-30-31-32-33-34-36-38-40-42-44-46-53(58)64-51(50-63-55(54(59)60)61-48-47-56(3,4)5)49-62-52(57)45-43-41-39-37-35-19-17-15-13-11-9-7-2/h15,17-18,20,22-23,25-26,51,55H,6-14,16,19,21,24,27-50H2,1-5H3/b17-15-,20-18-,23-22-,26-25-. The number of carbonyl (C=O) groups excluding carboxylic acids is 3. The molecule has 0 aliphatic carbocycles. The van der Waals surface area contributed by atoms with Gasteiger partial charge >= 0.3 is 11.9 Å². The molecule has 0 spiro atoms. The molecule has 372 valence electrons. The highest BCUT2D eigenvalue weighted by atomic mass is 16.7. The molecule has 0 amide bonds. The molecule has 0 aliphatic rings. The highest BCUT2D eigenvalue weighted by Crippen LogP contribution is 2.15. The van der Waals surface area contributed by atoms with Crippen molar-refractivity contribution in [2.24, 2.45) is 0 Å². The zero-order valence-electron chi connectivity index (χ0n) is 42.1. The number of nitrogens with zero attached hydrogens (tertiary/aromatic N) is 1. The van der Waals surface area contributed by atoms with Gasteiger partial charge in [-0.15, -0.1) is 0 Å². The largest absolute Gasteiger partial charge is 0.545 e. The van der Waals surface area contributed by atoms with Gasteiger partial charge in [-0.1, -0.05) is 184 Å². The van der Waals surface area contributed by atoms with Crippen LogP contribution in [0.1, 0.15) is 226 Å². The summed E-state index contributed by atoms with van der Waals surface area (Å²) >= 11 is 0. The van der Waals surface area contributed by atoms with E-state index in [1.165, 1.54) is 122 Å². The Labute approximate surface area is 393 Å². The average Bonchev–Trinajstić information content (AvgIpc) is 3.26. The molecule has 0 saturated carbocycles. The minimum absolute atomic E-state index is 0.145. The lowest BCUT2D eigenvalue weighted by Gasteiger charge is -2.26. The van der Waals surface area contributed by atoms with Gasteiger partial charge in [0.1, 0.15) is 13.2 Å². The molecular formula is C55H99NO8. The minimum Gasteiger partial charge on any atom is -0.545 e. The van der Waals surface area contributed by atoms with Crippen molar-refractivity contribution >= 4 is 17.9 Å². The van der Waals surface area contributed by atoms with Gasteiger partial charge in [0.25, 0.3) is 0 Å². The maximum atomic E-state index is 12.8. The molecule has 0 rings (SSSR count). The summed E-state index contributed by atoms with van der Waals surface area (Å²) in [6, 6.07) is 0. The van der Waals surface area contributed by atoms with Gasteiger partial charge in [-0.05, 0) is 77.0 Å². The van der Waals surface area contributed by atoms with E-state index in [-0.39, 0.29) is 38.6 Å². The summed E-state index contributed by atoms with van der Waals surface area (Å²) in [5, 5.41) is 11.7. The number of carbonyl (C=O) groups is 3. The fourth-order valence-electron chi connectivity index (χ4n) is 7.18. The van der Waals surface area contributed by atoms with Crippen molar-refractivity contribution in [3.63, 3.8) is 0 Å². The lowest BCUT2D eigenvalue weighted by atomic mass is 10.0. The first-order valence-electron chi connectivity index (χ1n) is 26.3. The van der Waals surface area contributed by atoms with Crippen LogP contribution >= 0.6 is 0 Å². The maximum absolute atomic E-state index is 12.8. The monoisotopic (exact) mass is 902 g/mol. The molecule has 0 heterocycles. The number of allylic oxidation sites excluding steroid dienone is 8. The minimum atomic E-state index is -1.62. The Kier molecular flexibility index (Phi) is 44.8. The van der Waals surface area contributed by atoms with Crippen LogP contribution in [-0.2, 0) is 33.3 Å². The Balaban J connectivity index is 4.23. The number of carboxylic acids is 1. The van der Waals surface area contributed by atoms with Crippen LogP contribution in [0.15, 0.2) is 48.6 Å². The lowest BCUT2D eigenvalue weighted by molar-refractivity contribution is -0.870. The van der Waals surface area contributed by atoms with E-state index in [1.54, 1.807) is 0 Å². The van der Waals surface area contributed by atoms with Gasteiger partial charge in [-0.25, -0.2) is 0 Å². The third-order valence-corrected chi connectivity index (χ3v) is 11.3. The Bertz CT molecular complexity index is 1190. The van der Waals surface area contributed by atoms with E-state index >= 15 is 0 Å². The van der Waals surface area contributed by atoms with E-state index in [0.29, 0.717) is 17.4 Å². The second-order valence-electron chi connectivity index (χ2n) is 18.8. The summed E-state index contributed by atoms with van der Waals surface area (Å²) in [7, 11) is 5.91. The van der Waals surface area contributed by atoms with Crippen LogP contribution in [0.4, 0.5) is 0 Å². The van der Waals surface area contributed by atoms with E-state index < -0.39 is 24.3 Å². The molecule has 0 N–H and O–H groups in total. The number of quaternary nitrogens is 1. The van der Waals surface area contributed by atoms with E-state index in [0.717, 1.165) is 70.6 Å². The summed E-state index contributed by atoms with van der Waals surface area (Å²) < 4.78 is 22.6. The Morgan fingerprint density at radius 3 is 1.30 bits per heavy atom. The number of aliphatic carboxylic acids is 1. The van der Waals surface area contributed by atoms with Crippen molar-refractivity contribution in [2.45, 2.75) is 238 Å². The highest BCUT2D eigenvalue weighted by Gasteiger charge is 2.22. The molecule has 0 aromatic heterocycles. The van der Waals surface area contributed by atoms with Crippen molar-refractivity contribution in [3.05, 3.63) is 48.6 Å². The van der Waals surface area contributed by atoms with Gasteiger partial charge in [0, 0.05) is 12.8 Å². The first-order chi connectivity index (χ1) is 31.1. The Morgan fingerprint density at radius 2 is 0.844 bits per heavy atom. The predicted molar refractivity (Wildman–Crippen MR) is 265 cm³/mol. The average molecular weight is 902 g/mol. The molecular weight excluding hydrogens is 803 g/mol. The van der Waals surface area contributed by atoms with Crippen molar-refractivity contribution < 1.29 is 42.9 Å². The number of unbranched alkanes of at least 4 members (excludes halogenated alkanes) is 25. The summed E-state index contributed by atoms with van der Waals surface area (Å²) in [6.07, 6.45) is 53.0. The first-order valence-corrected chi connectivity index (χ1v) is 26.3. The second-order valence-corrected chi connectivity index (χ2v) is 18.8. The van der Waals surface area contributed by atoms with Crippen LogP contribution in [0.25, 0.3) is 0 Å². The SMILES string of the molecule is CCCCC/C=C\CCCCCCCC(=O)OCC(COC(OCC[N+](C)(C)C)C(=O)[O-])OC(=O)CCCCCCCCCCCCCC/C=C\C/C=C\C/C=C\CCCCCCC. The Hall–Kier alpha value is -2.75. The topological polar surface area (TPSA) is 111 Å². The van der Waals surface area contributed by atoms with E-state index in [9.17, 15) is 19.5 Å². The van der Waals surface area contributed by atoms with Gasteiger partial charge in [0.05, 0.1) is 40.3 Å². The number of hydrogen-bond donors (Lipinski definition) is 0. The Morgan fingerprint density at radius 1 is 0.469 bits per heavy atom. The zero-order valence-corrected chi connectivity index (χ0v) is 42.1. The summed E-state index contributed by atoms with van der Waals surface area (Å²) in [5.41, 5.74) is 0. The third kappa shape index (κ3) is 47.2. The molecule has 0 aromatic rings. The summed E-state index contributed by atoms with van der Waals surface area (Å²) in [4.78, 5) is 37.1. The molecule has 0 saturated heterocycles. The van der Waals surface area contributed by atoms with Crippen LogP contribution in [0, 0.1) is 0 Å². The molecule has 2 unspecified atom stereocenters. The smallest absolute Gasteiger partial charge is 0.306 e. The van der Waals surface area contributed by atoms with E-state index in [1.807, 2.05) is 21.1 Å². The van der Waals surface area contributed by atoms with Gasteiger partial charge in [0.2, 0.25) is 0 Å². The number of esters is 2. The number of likely N-dealkylation sites (N-methyl/N-ethyl adjacent to an activating group) is 1. The number of hydrogen-bond acceptors (Lipinski definition) is 8. The quantitative estimate of drug-likeness (QED) is 0.0195. The summed E-state index contributed by atoms with van der Waals surface area (Å²) in [6.45, 7) is 4.70. The van der Waals surface area contributed by atoms with Gasteiger partial charge in [-0.3, -0.25) is 9.59 Å². The predicted octanol–water partition coefficient (Wildman–Crippen LogP) is 13.4. The fraction of sp³-hybridized carbons (Fsp3) is 0.800. The van der Waals surface area contributed by atoms with Gasteiger partial charge in [-0.2, -0.15) is 0 Å². The summed E-state index contributed by atoms with van der Waals surface area (Å²) in [5.74, 6) is -2.30. The van der Waals surface area contributed by atoms with Crippen LogP contribution in [0.2, 0.25) is 0 Å². The highest BCUT2D eigenvalue weighted by molar-refractivity contribution is 5.70. The van der Waals surface area contributed by atoms with Crippen molar-refractivity contribution in [3.8, 4) is 0 Å². The lowest BCUT2D eigenvalue weighted by Crippen LogP contribution is -2.44. The molecule has 9 heteroatoms. The van der Waals surface area contributed by atoms with E-state index in [2.05, 4.69) is 62.5 Å². The fourth-order valence-corrected chi connectivity index (χ4v) is 7.18.